The van der Waals surface area contributed by atoms with Crippen LogP contribution in [-0.4, -0.2) is 16.8 Å². The molecule has 0 spiro atoms. The zero-order valence-electron chi connectivity index (χ0n) is 11.3. The molecule has 1 saturated carbocycles. The Bertz CT molecular complexity index is 607. The zero-order valence-corrected chi connectivity index (χ0v) is 12.1. The van der Waals surface area contributed by atoms with Gasteiger partial charge in [-0.3, -0.25) is 4.79 Å². The van der Waals surface area contributed by atoms with E-state index in [2.05, 4.69) is 0 Å². The molecule has 4 heteroatoms. The number of carbonyl (C=O) groups is 1. The van der Waals surface area contributed by atoms with Crippen LogP contribution in [0.2, 0.25) is 0 Å². The Morgan fingerprint density at radius 1 is 1.35 bits per heavy atom. The first-order valence-electron chi connectivity index (χ1n) is 6.78. The second kappa shape index (κ2) is 5.37. The second-order valence-electron chi connectivity index (χ2n) is 5.15. The van der Waals surface area contributed by atoms with Crippen molar-refractivity contribution in [1.82, 2.24) is 4.90 Å². The van der Waals surface area contributed by atoms with Gasteiger partial charge in [0.25, 0.3) is 5.91 Å². The normalized spacial score (nSPS) is 15.9. The lowest BCUT2D eigenvalue weighted by atomic mass is 10.1. The fourth-order valence-corrected chi connectivity index (χ4v) is 3.14. The predicted molar refractivity (Wildman–Crippen MR) is 78.3 cm³/mol. The molecule has 1 aliphatic carbocycles. The standard InChI is InChI=1S/C16H16FNOS/c1-11(14-4-2-3-5-15(14)17)18(13-6-7-13)16(19)12-8-9-20-10-12/h2-5,8-11,13H,6-7H2,1H3. The molecule has 1 fully saturated rings. The number of thiophene rings is 1. The lowest BCUT2D eigenvalue weighted by Gasteiger charge is -2.29. The second-order valence-corrected chi connectivity index (χ2v) is 5.93. The van der Waals surface area contributed by atoms with Gasteiger partial charge in [-0.15, -0.1) is 0 Å². The van der Waals surface area contributed by atoms with Gasteiger partial charge in [-0.2, -0.15) is 11.3 Å². The number of nitrogens with zero attached hydrogens (tertiary/aromatic N) is 1. The molecule has 0 aliphatic heterocycles. The maximum Gasteiger partial charge on any atom is 0.255 e. The van der Waals surface area contributed by atoms with E-state index in [4.69, 9.17) is 0 Å². The first-order valence-corrected chi connectivity index (χ1v) is 7.72. The average Bonchev–Trinajstić information content (AvgIpc) is 3.12. The predicted octanol–water partition coefficient (Wildman–Crippen LogP) is 4.25. The summed E-state index contributed by atoms with van der Waals surface area (Å²) in [5.74, 6) is -0.242. The van der Waals surface area contributed by atoms with Crippen molar-refractivity contribution >= 4 is 17.2 Å². The van der Waals surface area contributed by atoms with Crippen LogP contribution in [0, 0.1) is 5.82 Å². The van der Waals surface area contributed by atoms with E-state index in [0.29, 0.717) is 11.1 Å². The van der Waals surface area contributed by atoms with Crippen molar-refractivity contribution in [1.29, 1.82) is 0 Å². The van der Waals surface area contributed by atoms with Gasteiger partial charge in [-0.25, -0.2) is 4.39 Å². The third-order valence-electron chi connectivity index (χ3n) is 3.72. The summed E-state index contributed by atoms with van der Waals surface area (Å²) in [7, 11) is 0. The third kappa shape index (κ3) is 2.48. The Balaban J connectivity index is 1.91. The quantitative estimate of drug-likeness (QED) is 0.824. The summed E-state index contributed by atoms with van der Waals surface area (Å²) >= 11 is 1.51. The number of carbonyl (C=O) groups excluding carboxylic acids is 1. The van der Waals surface area contributed by atoms with Crippen molar-refractivity contribution in [3.8, 4) is 0 Å². The zero-order chi connectivity index (χ0) is 14.1. The molecule has 0 radical (unpaired) electrons. The lowest BCUT2D eigenvalue weighted by Crippen LogP contribution is -2.35. The first kappa shape index (κ1) is 13.3. The molecule has 104 valence electrons. The summed E-state index contributed by atoms with van der Waals surface area (Å²) in [5.41, 5.74) is 1.29. The monoisotopic (exact) mass is 289 g/mol. The number of benzene rings is 1. The van der Waals surface area contributed by atoms with Gasteiger partial charge >= 0.3 is 0 Å². The van der Waals surface area contributed by atoms with Gasteiger partial charge < -0.3 is 4.90 Å². The maximum absolute atomic E-state index is 14.0. The molecular weight excluding hydrogens is 273 g/mol. The van der Waals surface area contributed by atoms with Crippen LogP contribution in [0.3, 0.4) is 0 Å². The highest BCUT2D eigenvalue weighted by Crippen LogP contribution is 2.36. The summed E-state index contributed by atoms with van der Waals surface area (Å²) in [6.45, 7) is 1.90. The van der Waals surface area contributed by atoms with Crippen LogP contribution in [0.4, 0.5) is 4.39 Å². The minimum Gasteiger partial charge on any atom is -0.329 e. The van der Waals surface area contributed by atoms with Gasteiger partial charge in [-0.1, -0.05) is 18.2 Å². The summed E-state index contributed by atoms with van der Waals surface area (Å²) in [6.07, 6.45) is 2.02. The van der Waals surface area contributed by atoms with Crippen molar-refractivity contribution in [2.45, 2.75) is 31.8 Å². The van der Waals surface area contributed by atoms with Crippen LogP contribution in [-0.2, 0) is 0 Å². The van der Waals surface area contributed by atoms with Crippen molar-refractivity contribution in [3.05, 3.63) is 58.0 Å². The average molecular weight is 289 g/mol. The molecule has 1 aromatic carbocycles. The van der Waals surface area contributed by atoms with Crippen molar-refractivity contribution in [2.75, 3.05) is 0 Å². The smallest absolute Gasteiger partial charge is 0.255 e. The van der Waals surface area contributed by atoms with Crippen LogP contribution >= 0.6 is 11.3 Å². The van der Waals surface area contributed by atoms with Crippen LogP contribution in [0.25, 0.3) is 0 Å². The van der Waals surface area contributed by atoms with Crippen LogP contribution in [0.1, 0.15) is 41.7 Å². The van der Waals surface area contributed by atoms with Gasteiger partial charge in [0, 0.05) is 17.0 Å². The Morgan fingerprint density at radius 3 is 2.70 bits per heavy atom. The molecule has 1 unspecified atom stereocenters. The summed E-state index contributed by atoms with van der Waals surface area (Å²) in [4.78, 5) is 14.5. The molecule has 1 atom stereocenters. The van der Waals surface area contributed by atoms with E-state index in [0.717, 1.165) is 12.8 Å². The molecule has 1 aromatic heterocycles. The van der Waals surface area contributed by atoms with E-state index in [1.165, 1.54) is 17.4 Å². The summed E-state index contributed by atoms with van der Waals surface area (Å²) in [5, 5.41) is 3.75. The van der Waals surface area contributed by atoms with E-state index >= 15 is 0 Å². The lowest BCUT2D eigenvalue weighted by molar-refractivity contribution is 0.0671. The fourth-order valence-electron chi connectivity index (χ4n) is 2.51. The Morgan fingerprint density at radius 2 is 2.10 bits per heavy atom. The number of rotatable bonds is 4. The molecule has 2 aromatic rings. The molecule has 1 heterocycles. The number of hydrogen-bond acceptors (Lipinski definition) is 2. The van der Waals surface area contributed by atoms with E-state index in [9.17, 15) is 9.18 Å². The van der Waals surface area contributed by atoms with Crippen molar-refractivity contribution in [3.63, 3.8) is 0 Å². The third-order valence-corrected chi connectivity index (χ3v) is 4.40. The van der Waals surface area contributed by atoms with Crippen molar-refractivity contribution < 1.29 is 9.18 Å². The Hall–Kier alpha value is -1.68. The Kier molecular flexibility index (Phi) is 3.57. The van der Waals surface area contributed by atoms with Gasteiger partial charge in [0.1, 0.15) is 5.82 Å². The molecular formula is C16H16FNOS. The highest BCUT2D eigenvalue weighted by atomic mass is 32.1. The van der Waals surface area contributed by atoms with Gasteiger partial charge in [0.15, 0.2) is 0 Å². The van der Waals surface area contributed by atoms with E-state index in [1.54, 1.807) is 12.1 Å². The fraction of sp³-hybridized carbons (Fsp3) is 0.312. The van der Waals surface area contributed by atoms with Crippen molar-refractivity contribution in [2.24, 2.45) is 0 Å². The van der Waals surface area contributed by atoms with E-state index < -0.39 is 0 Å². The molecule has 2 nitrogen and oxygen atoms in total. The highest BCUT2D eigenvalue weighted by Gasteiger charge is 2.37. The molecule has 1 aliphatic rings. The van der Waals surface area contributed by atoms with Crippen LogP contribution in [0.5, 0.6) is 0 Å². The van der Waals surface area contributed by atoms with Gasteiger partial charge in [0.2, 0.25) is 0 Å². The van der Waals surface area contributed by atoms with E-state index in [1.807, 2.05) is 34.7 Å². The minimum absolute atomic E-state index is 0.00417. The van der Waals surface area contributed by atoms with Crippen LogP contribution < -0.4 is 0 Å². The number of halogens is 1. The largest absolute Gasteiger partial charge is 0.329 e. The molecule has 3 rings (SSSR count). The first-order chi connectivity index (χ1) is 9.68. The van der Waals surface area contributed by atoms with Gasteiger partial charge in [0.05, 0.1) is 11.6 Å². The SMILES string of the molecule is CC(c1ccccc1F)N(C(=O)c1ccsc1)C1CC1. The number of amides is 1. The summed E-state index contributed by atoms with van der Waals surface area (Å²) in [6, 6.07) is 8.54. The van der Waals surface area contributed by atoms with Crippen LogP contribution in [0.15, 0.2) is 41.1 Å². The summed E-state index contributed by atoms with van der Waals surface area (Å²) < 4.78 is 14.0. The van der Waals surface area contributed by atoms with Gasteiger partial charge in [-0.05, 0) is 37.3 Å². The minimum atomic E-state index is -0.247. The maximum atomic E-state index is 14.0. The number of hydrogen-bond donors (Lipinski definition) is 0. The molecule has 0 N–H and O–H groups in total. The molecule has 1 amide bonds. The molecule has 20 heavy (non-hydrogen) atoms. The molecule has 0 saturated heterocycles. The highest BCUT2D eigenvalue weighted by molar-refractivity contribution is 7.08. The Labute approximate surface area is 121 Å². The van der Waals surface area contributed by atoms with E-state index in [-0.39, 0.29) is 23.8 Å². The topological polar surface area (TPSA) is 20.3 Å². The molecule has 0 bridgehead atoms.